The van der Waals surface area contributed by atoms with Crippen LogP contribution in [0.5, 0.6) is 17.4 Å². The molecule has 1 aromatic carbocycles. The van der Waals surface area contributed by atoms with Gasteiger partial charge in [-0.15, -0.1) is 0 Å². The van der Waals surface area contributed by atoms with E-state index in [4.69, 9.17) is 23.9 Å². The lowest BCUT2D eigenvalue weighted by molar-refractivity contribution is -0.384. The fourth-order valence-electron chi connectivity index (χ4n) is 5.41. The van der Waals surface area contributed by atoms with Gasteiger partial charge in [0.05, 0.1) is 66.8 Å². The second kappa shape index (κ2) is 12.1. The third-order valence-electron chi connectivity index (χ3n) is 7.68. The first kappa shape index (κ1) is 27.6. The zero-order valence-corrected chi connectivity index (χ0v) is 23.1. The summed E-state index contributed by atoms with van der Waals surface area (Å²) >= 11 is 0. The number of morpholine rings is 1. The number of methoxy groups -OCH3 is 1. The monoisotopic (exact) mass is 578 g/mol. The second-order valence-electron chi connectivity index (χ2n) is 10.4. The van der Waals surface area contributed by atoms with Crippen LogP contribution < -0.4 is 19.1 Å². The molecule has 2 aliphatic rings. The van der Waals surface area contributed by atoms with Crippen LogP contribution >= 0.6 is 0 Å². The number of halogens is 1. The largest absolute Gasteiger partial charge is 0.496 e. The zero-order chi connectivity index (χ0) is 29.1. The van der Waals surface area contributed by atoms with Crippen molar-refractivity contribution in [2.45, 2.75) is 44.4 Å². The minimum absolute atomic E-state index is 0.0577. The molecule has 1 aliphatic carbocycles. The van der Waals surface area contributed by atoms with E-state index < -0.39 is 4.92 Å². The smallest absolute Gasteiger partial charge is 0.273 e. The Morgan fingerprint density at radius 2 is 1.93 bits per heavy atom. The summed E-state index contributed by atoms with van der Waals surface area (Å²) in [5.41, 5.74) is 1.33. The third kappa shape index (κ3) is 6.05. The maximum Gasteiger partial charge on any atom is 0.273 e. The minimum atomic E-state index is -0.468. The van der Waals surface area contributed by atoms with Gasteiger partial charge in [0.2, 0.25) is 5.88 Å². The third-order valence-corrected chi connectivity index (χ3v) is 7.68. The Balaban J connectivity index is 1.24. The summed E-state index contributed by atoms with van der Waals surface area (Å²) in [6, 6.07) is 8.34. The molecular formula is C29H31FN6O6. The molecule has 1 aliphatic heterocycles. The van der Waals surface area contributed by atoms with Crippen molar-refractivity contribution in [3.63, 3.8) is 0 Å². The summed E-state index contributed by atoms with van der Waals surface area (Å²) in [6.45, 7) is 2.83. The van der Waals surface area contributed by atoms with Gasteiger partial charge in [-0.3, -0.25) is 19.8 Å². The van der Waals surface area contributed by atoms with E-state index in [-0.39, 0.29) is 30.3 Å². The van der Waals surface area contributed by atoms with E-state index in [0.29, 0.717) is 36.2 Å². The van der Waals surface area contributed by atoms with E-state index in [1.165, 1.54) is 31.6 Å². The Morgan fingerprint density at radius 3 is 2.64 bits per heavy atom. The molecule has 1 saturated heterocycles. The number of benzene rings is 1. The number of fused-ring (bicyclic) bond motifs is 1. The number of aromatic nitrogens is 4. The lowest BCUT2D eigenvalue weighted by atomic mass is 9.93. The molecule has 1 saturated carbocycles. The van der Waals surface area contributed by atoms with Crippen molar-refractivity contribution in [3.8, 4) is 17.4 Å². The standard InChI is InChI=1S/C29H31FN6O6/c1-39-27-12-22(36(37)38)3-2-19(27)18-41-24-13-25-26(31-16-24)14-28(34-8-10-40-11-9-34)33-29(25)42-23-6-4-21(5-7-23)35-17-20(30)15-32-35/h2-3,12-17,21,23H,4-11,18H2,1H3/t21-,23+. The van der Waals surface area contributed by atoms with Crippen molar-refractivity contribution < 1.29 is 28.3 Å². The highest BCUT2D eigenvalue weighted by atomic mass is 19.1. The molecule has 0 bridgehead atoms. The number of rotatable bonds is 9. The SMILES string of the molecule is COc1cc([N+](=O)[O-])ccc1COc1cnc2cc(N3CCOCC3)nc(O[C@H]3CC[C@@H](n4cc(F)cn4)CC3)c2c1. The van der Waals surface area contributed by atoms with Crippen molar-refractivity contribution >= 4 is 22.4 Å². The van der Waals surface area contributed by atoms with Crippen molar-refractivity contribution in [2.24, 2.45) is 0 Å². The summed E-state index contributed by atoms with van der Waals surface area (Å²) in [4.78, 5) is 22.4. The highest BCUT2D eigenvalue weighted by Gasteiger charge is 2.26. The molecule has 6 rings (SSSR count). The first-order valence-corrected chi connectivity index (χ1v) is 13.9. The Hall–Kier alpha value is -4.52. The van der Waals surface area contributed by atoms with E-state index in [2.05, 4.69) is 15.0 Å². The number of nitro groups is 1. The van der Waals surface area contributed by atoms with Gasteiger partial charge in [-0.2, -0.15) is 10.1 Å². The maximum absolute atomic E-state index is 13.5. The van der Waals surface area contributed by atoms with E-state index in [1.807, 2.05) is 12.1 Å². The van der Waals surface area contributed by atoms with E-state index in [0.717, 1.165) is 55.5 Å². The Kier molecular flexibility index (Phi) is 8.00. The molecule has 2 fully saturated rings. The highest BCUT2D eigenvalue weighted by molar-refractivity contribution is 5.87. The molecular weight excluding hydrogens is 547 g/mol. The minimum Gasteiger partial charge on any atom is -0.496 e. The van der Waals surface area contributed by atoms with Gasteiger partial charge >= 0.3 is 0 Å². The van der Waals surface area contributed by atoms with E-state index in [1.54, 1.807) is 16.9 Å². The Bertz CT molecular complexity index is 1570. The molecule has 0 N–H and O–H groups in total. The van der Waals surface area contributed by atoms with Crippen LogP contribution in [0.4, 0.5) is 15.9 Å². The van der Waals surface area contributed by atoms with E-state index >= 15 is 0 Å². The number of pyridine rings is 2. The Labute approximate surface area is 241 Å². The number of hydrogen-bond acceptors (Lipinski definition) is 10. The van der Waals surface area contributed by atoms with Gasteiger partial charge in [-0.25, -0.2) is 4.39 Å². The number of hydrogen-bond donors (Lipinski definition) is 0. The summed E-state index contributed by atoms with van der Waals surface area (Å²) < 4.78 is 38.6. The number of nitrogens with zero attached hydrogens (tertiary/aromatic N) is 6. The second-order valence-corrected chi connectivity index (χ2v) is 10.4. The van der Waals surface area contributed by atoms with E-state index in [9.17, 15) is 14.5 Å². The van der Waals surface area contributed by atoms with Crippen molar-refractivity contribution in [3.05, 3.63) is 70.4 Å². The molecule has 42 heavy (non-hydrogen) atoms. The molecule has 13 heteroatoms. The normalized spacial score (nSPS) is 19.0. The maximum atomic E-state index is 13.5. The van der Waals surface area contributed by atoms with Gasteiger partial charge in [-0.05, 0) is 37.8 Å². The van der Waals surface area contributed by atoms with Crippen LogP contribution in [-0.2, 0) is 11.3 Å². The fraction of sp³-hybridized carbons (Fsp3) is 0.414. The molecule has 3 aromatic heterocycles. The van der Waals surface area contributed by atoms with Gasteiger partial charge in [0.25, 0.3) is 5.69 Å². The number of anilines is 1. The van der Waals surface area contributed by atoms with Gasteiger partial charge in [0, 0.05) is 30.8 Å². The average molecular weight is 579 g/mol. The first-order chi connectivity index (χ1) is 20.5. The average Bonchev–Trinajstić information content (AvgIpc) is 3.46. The zero-order valence-electron chi connectivity index (χ0n) is 23.1. The van der Waals surface area contributed by atoms with Gasteiger partial charge in [-0.1, -0.05) is 0 Å². The molecule has 4 heterocycles. The van der Waals surface area contributed by atoms with Gasteiger partial charge in [0.1, 0.15) is 30.0 Å². The lowest BCUT2D eigenvalue weighted by Gasteiger charge is -2.30. The van der Waals surface area contributed by atoms with Crippen molar-refractivity contribution in [1.82, 2.24) is 19.7 Å². The molecule has 0 spiro atoms. The van der Waals surface area contributed by atoms with Crippen LogP contribution in [-0.4, -0.2) is 64.2 Å². The van der Waals surface area contributed by atoms with Crippen LogP contribution in [0.25, 0.3) is 10.9 Å². The Morgan fingerprint density at radius 1 is 1.12 bits per heavy atom. The number of nitro benzene ring substituents is 1. The van der Waals surface area contributed by atoms with Crippen LogP contribution in [0.2, 0.25) is 0 Å². The predicted octanol–water partition coefficient (Wildman–Crippen LogP) is 4.86. The molecule has 12 nitrogen and oxygen atoms in total. The highest BCUT2D eigenvalue weighted by Crippen LogP contribution is 2.35. The van der Waals surface area contributed by atoms with Crippen molar-refractivity contribution in [1.29, 1.82) is 0 Å². The van der Waals surface area contributed by atoms with Crippen molar-refractivity contribution in [2.75, 3.05) is 38.3 Å². The topological polar surface area (TPSA) is 127 Å². The number of ether oxygens (including phenoxy) is 4. The van der Waals surface area contributed by atoms with Gasteiger partial charge in [0.15, 0.2) is 5.82 Å². The fourth-order valence-corrected chi connectivity index (χ4v) is 5.41. The molecule has 0 amide bonds. The van der Waals surface area contributed by atoms with Crippen LogP contribution in [0.3, 0.4) is 0 Å². The number of non-ortho nitro benzene ring substituents is 1. The van der Waals surface area contributed by atoms with Gasteiger partial charge < -0.3 is 23.8 Å². The summed E-state index contributed by atoms with van der Waals surface area (Å²) in [5.74, 6) is 1.79. The van der Waals surface area contributed by atoms with Crippen LogP contribution in [0.15, 0.2) is 48.9 Å². The van der Waals surface area contributed by atoms with Crippen LogP contribution in [0.1, 0.15) is 37.3 Å². The molecule has 0 atom stereocenters. The van der Waals surface area contributed by atoms with Crippen LogP contribution in [0, 0.1) is 15.9 Å². The first-order valence-electron chi connectivity index (χ1n) is 13.9. The molecule has 0 unspecified atom stereocenters. The summed E-state index contributed by atoms with van der Waals surface area (Å²) in [6.07, 6.45) is 7.44. The molecule has 220 valence electrons. The lowest BCUT2D eigenvalue weighted by Crippen LogP contribution is -2.36. The molecule has 0 radical (unpaired) electrons. The summed E-state index contributed by atoms with van der Waals surface area (Å²) in [7, 11) is 1.46. The quantitative estimate of drug-likeness (QED) is 0.201. The molecule has 4 aromatic rings. The summed E-state index contributed by atoms with van der Waals surface area (Å²) in [5, 5.41) is 16.0. The predicted molar refractivity (Wildman–Crippen MR) is 151 cm³/mol.